The topological polar surface area (TPSA) is 69.6 Å². The highest BCUT2D eigenvalue weighted by Gasteiger charge is 2.14. The number of benzene rings is 2. The molecule has 6 heteroatoms. The van der Waals surface area contributed by atoms with Crippen molar-refractivity contribution < 1.29 is 19.1 Å². The van der Waals surface area contributed by atoms with E-state index in [1.807, 2.05) is 6.07 Å². The molecular weight excluding hydrogens is 275 g/mol. The van der Waals surface area contributed by atoms with Crippen LogP contribution in [0, 0.1) is 5.82 Å². The summed E-state index contributed by atoms with van der Waals surface area (Å²) in [6.07, 6.45) is 0. The Kier molecular flexibility index (Phi) is 4.18. The Balaban J connectivity index is 2.13. The summed E-state index contributed by atoms with van der Waals surface area (Å²) in [5.74, 6) is -2.26. The Morgan fingerprint density at radius 1 is 1.14 bits per heavy atom. The van der Waals surface area contributed by atoms with E-state index in [0.29, 0.717) is 5.69 Å². The van der Waals surface area contributed by atoms with Crippen molar-refractivity contribution in [1.29, 1.82) is 0 Å². The molecule has 0 fully saturated rings. The van der Waals surface area contributed by atoms with Crippen molar-refractivity contribution in [2.45, 2.75) is 0 Å². The number of anilines is 2. The maximum absolute atomic E-state index is 13.5. The molecule has 0 spiro atoms. The van der Waals surface area contributed by atoms with E-state index >= 15 is 0 Å². The minimum absolute atomic E-state index is 0.185. The first-order valence-electron chi connectivity index (χ1n) is 6.11. The number of nitrogens with zero attached hydrogens (tertiary/aromatic N) is 1. The number of nitrogens with one attached hydrogen (secondary N) is 1. The number of carboxylic acids is 1. The first kappa shape index (κ1) is 14.5. The van der Waals surface area contributed by atoms with Crippen molar-refractivity contribution in [2.24, 2.45) is 0 Å². The van der Waals surface area contributed by atoms with Gasteiger partial charge in [0, 0.05) is 18.4 Å². The fourth-order valence-corrected chi connectivity index (χ4v) is 1.74. The largest absolute Gasteiger partial charge is 0.478 e. The highest BCUT2D eigenvalue weighted by molar-refractivity contribution is 6.01. The van der Waals surface area contributed by atoms with Crippen LogP contribution < -0.4 is 10.2 Å². The van der Waals surface area contributed by atoms with E-state index in [1.54, 1.807) is 31.3 Å². The Morgan fingerprint density at radius 2 is 1.81 bits per heavy atom. The van der Waals surface area contributed by atoms with E-state index in [9.17, 15) is 14.0 Å². The number of para-hydroxylation sites is 1. The van der Waals surface area contributed by atoms with E-state index in [0.717, 1.165) is 12.1 Å². The summed E-state index contributed by atoms with van der Waals surface area (Å²) >= 11 is 0. The van der Waals surface area contributed by atoms with Crippen LogP contribution in [0.4, 0.5) is 20.6 Å². The molecule has 0 aliphatic rings. The van der Waals surface area contributed by atoms with E-state index in [4.69, 9.17) is 5.11 Å². The van der Waals surface area contributed by atoms with Crippen molar-refractivity contribution in [3.63, 3.8) is 0 Å². The van der Waals surface area contributed by atoms with Crippen LogP contribution in [-0.4, -0.2) is 24.2 Å². The van der Waals surface area contributed by atoms with Gasteiger partial charge in [0.2, 0.25) is 0 Å². The zero-order valence-corrected chi connectivity index (χ0v) is 11.2. The van der Waals surface area contributed by atoms with Crippen LogP contribution in [0.25, 0.3) is 0 Å². The van der Waals surface area contributed by atoms with E-state index in [2.05, 4.69) is 5.32 Å². The lowest BCUT2D eigenvalue weighted by molar-refractivity contribution is 0.0692. The molecule has 0 saturated heterocycles. The molecule has 0 bridgehead atoms. The molecule has 5 nitrogen and oxygen atoms in total. The molecule has 0 aromatic heterocycles. The first-order valence-corrected chi connectivity index (χ1v) is 6.11. The normalized spacial score (nSPS) is 10.0. The minimum Gasteiger partial charge on any atom is -0.478 e. The monoisotopic (exact) mass is 288 g/mol. The second-order valence-electron chi connectivity index (χ2n) is 4.32. The van der Waals surface area contributed by atoms with Gasteiger partial charge in [-0.2, -0.15) is 0 Å². The van der Waals surface area contributed by atoms with Crippen LogP contribution in [-0.2, 0) is 0 Å². The van der Waals surface area contributed by atoms with Crippen molar-refractivity contribution in [2.75, 3.05) is 17.3 Å². The smallest absolute Gasteiger partial charge is 0.338 e. The number of carbonyl (C=O) groups is 2. The molecule has 2 N–H and O–H groups in total. The van der Waals surface area contributed by atoms with Crippen molar-refractivity contribution >= 4 is 23.4 Å². The van der Waals surface area contributed by atoms with Gasteiger partial charge in [-0.3, -0.25) is 4.90 Å². The highest BCUT2D eigenvalue weighted by Crippen LogP contribution is 2.17. The van der Waals surface area contributed by atoms with Gasteiger partial charge in [-0.25, -0.2) is 14.0 Å². The number of halogens is 1. The van der Waals surface area contributed by atoms with Gasteiger partial charge in [-0.15, -0.1) is 0 Å². The Morgan fingerprint density at radius 3 is 2.38 bits per heavy atom. The zero-order chi connectivity index (χ0) is 15.4. The molecule has 0 aliphatic carbocycles. The minimum atomic E-state index is -1.35. The van der Waals surface area contributed by atoms with E-state index in [1.165, 1.54) is 11.0 Å². The Labute approximate surface area is 120 Å². The first-order chi connectivity index (χ1) is 9.99. The van der Waals surface area contributed by atoms with Crippen LogP contribution in [0.15, 0.2) is 48.5 Å². The zero-order valence-electron chi connectivity index (χ0n) is 11.2. The molecule has 0 aliphatic heterocycles. The summed E-state index contributed by atoms with van der Waals surface area (Å²) < 4.78 is 13.5. The number of rotatable bonds is 3. The van der Waals surface area contributed by atoms with Crippen LogP contribution in [0.1, 0.15) is 10.4 Å². The third kappa shape index (κ3) is 3.36. The van der Waals surface area contributed by atoms with Crippen LogP contribution in [0.5, 0.6) is 0 Å². The molecule has 2 rings (SSSR count). The summed E-state index contributed by atoms with van der Waals surface area (Å²) in [6.45, 7) is 0. The molecule has 2 aromatic carbocycles. The summed E-state index contributed by atoms with van der Waals surface area (Å²) in [4.78, 5) is 24.1. The van der Waals surface area contributed by atoms with Gasteiger partial charge in [-0.05, 0) is 30.3 Å². The number of urea groups is 1. The lowest BCUT2D eigenvalue weighted by Crippen LogP contribution is -2.31. The van der Waals surface area contributed by atoms with Gasteiger partial charge >= 0.3 is 12.0 Å². The number of amides is 2. The van der Waals surface area contributed by atoms with Gasteiger partial charge < -0.3 is 10.4 Å². The lowest BCUT2D eigenvalue weighted by Gasteiger charge is -2.18. The molecule has 0 heterocycles. The molecule has 0 saturated carbocycles. The Hall–Kier alpha value is -2.89. The molecule has 108 valence electrons. The standard InChI is InChI=1S/C15H13FN2O3/c1-18(11-5-3-2-4-6-11)15(21)17-10-7-8-12(14(19)20)13(16)9-10/h2-9H,1H3,(H,17,21)(H,19,20). The highest BCUT2D eigenvalue weighted by atomic mass is 19.1. The number of carboxylic acid groups (broad SMARTS) is 1. The maximum atomic E-state index is 13.5. The Bertz CT molecular complexity index is 674. The maximum Gasteiger partial charge on any atom is 0.338 e. The molecule has 0 unspecified atom stereocenters. The molecular formula is C15H13FN2O3. The lowest BCUT2D eigenvalue weighted by atomic mass is 10.2. The fraction of sp³-hybridized carbons (Fsp3) is 0.0667. The number of hydrogen-bond acceptors (Lipinski definition) is 2. The summed E-state index contributed by atoms with van der Waals surface area (Å²) in [5, 5.41) is 11.2. The van der Waals surface area contributed by atoms with Crippen LogP contribution in [0.2, 0.25) is 0 Å². The van der Waals surface area contributed by atoms with Crippen molar-refractivity contribution in [3.8, 4) is 0 Å². The van der Waals surface area contributed by atoms with Gasteiger partial charge in [0.15, 0.2) is 0 Å². The van der Waals surface area contributed by atoms with Crippen LogP contribution in [0.3, 0.4) is 0 Å². The average Bonchev–Trinajstić information content (AvgIpc) is 2.47. The van der Waals surface area contributed by atoms with Gasteiger partial charge in [0.25, 0.3) is 0 Å². The predicted molar refractivity (Wildman–Crippen MR) is 77.2 cm³/mol. The van der Waals surface area contributed by atoms with Crippen molar-refractivity contribution in [3.05, 3.63) is 59.9 Å². The molecule has 21 heavy (non-hydrogen) atoms. The van der Waals surface area contributed by atoms with E-state index < -0.39 is 23.4 Å². The number of aromatic carboxylic acids is 1. The van der Waals surface area contributed by atoms with Gasteiger partial charge in [0.1, 0.15) is 5.82 Å². The summed E-state index contributed by atoms with van der Waals surface area (Å²) in [7, 11) is 1.58. The molecule has 2 aromatic rings. The summed E-state index contributed by atoms with van der Waals surface area (Å²) in [5.41, 5.74) is 0.423. The molecule has 2 amide bonds. The van der Waals surface area contributed by atoms with Crippen LogP contribution >= 0.6 is 0 Å². The van der Waals surface area contributed by atoms with E-state index in [-0.39, 0.29) is 5.69 Å². The van der Waals surface area contributed by atoms with Crippen molar-refractivity contribution in [1.82, 2.24) is 0 Å². The summed E-state index contributed by atoms with van der Waals surface area (Å²) in [6, 6.07) is 11.9. The quantitative estimate of drug-likeness (QED) is 0.911. The SMILES string of the molecule is CN(C(=O)Nc1ccc(C(=O)O)c(F)c1)c1ccccc1. The second kappa shape index (κ2) is 6.04. The number of carbonyl (C=O) groups excluding carboxylic acids is 1. The number of hydrogen-bond donors (Lipinski definition) is 2. The average molecular weight is 288 g/mol. The fourth-order valence-electron chi connectivity index (χ4n) is 1.74. The predicted octanol–water partition coefficient (Wildman–Crippen LogP) is 3.19. The second-order valence-corrected chi connectivity index (χ2v) is 4.32. The van der Waals surface area contributed by atoms with Gasteiger partial charge in [-0.1, -0.05) is 18.2 Å². The molecule has 0 atom stereocenters. The third-order valence-corrected chi connectivity index (χ3v) is 2.90. The third-order valence-electron chi connectivity index (χ3n) is 2.90. The molecule has 0 radical (unpaired) electrons. The van der Waals surface area contributed by atoms with Gasteiger partial charge in [0.05, 0.1) is 5.56 Å².